The number of urea groups is 1. The largest absolute Gasteiger partial charge is 0.480 e. The summed E-state index contributed by atoms with van der Waals surface area (Å²) in [5.41, 5.74) is 0. The second-order valence-electron chi connectivity index (χ2n) is 5.21. The lowest BCUT2D eigenvalue weighted by molar-refractivity contribution is -0.137. The molecule has 0 aromatic heterocycles. The number of amides is 2. The van der Waals surface area contributed by atoms with Gasteiger partial charge in [-0.15, -0.1) is 0 Å². The Morgan fingerprint density at radius 1 is 1.25 bits per heavy atom. The van der Waals surface area contributed by atoms with E-state index < -0.39 is 5.97 Å². The summed E-state index contributed by atoms with van der Waals surface area (Å²) >= 11 is 0. The number of rotatable bonds is 7. The summed E-state index contributed by atoms with van der Waals surface area (Å²) in [5.74, 6) is -0.953. The second kappa shape index (κ2) is 8.09. The number of likely N-dealkylation sites (tertiary alicyclic amines) is 1. The first kappa shape index (κ1) is 16.8. The lowest BCUT2D eigenvalue weighted by atomic mass is 10.2. The molecule has 0 aliphatic carbocycles. The van der Waals surface area contributed by atoms with Crippen LogP contribution in [0.5, 0.6) is 0 Å². The van der Waals surface area contributed by atoms with Crippen LogP contribution in [0, 0.1) is 0 Å². The van der Waals surface area contributed by atoms with E-state index in [4.69, 9.17) is 5.11 Å². The third kappa shape index (κ3) is 4.37. The lowest BCUT2D eigenvalue weighted by Crippen LogP contribution is -2.46. The van der Waals surface area contributed by atoms with E-state index in [0.717, 1.165) is 32.5 Å². The minimum atomic E-state index is -0.953. The zero-order chi connectivity index (χ0) is 15.1. The second-order valence-corrected chi connectivity index (χ2v) is 5.21. The highest BCUT2D eigenvalue weighted by Crippen LogP contribution is 2.17. The highest BCUT2D eigenvalue weighted by molar-refractivity contribution is 5.80. The normalized spacial score (nSPS) is 18.6. The maximum absolute atomic E-state index is 12.4. The summed E-state index contributed by atoms with van der Waals surface area (Å²) in [7, 11) is 0. The minimum absolute atomic E-state index is 0.135. The lowest BCUT2D eigenvalue weighted by Gasteiger charge is -2.29. The van der Waals surface area contributed by atoms with Gasteiger partial charge in [-0.2, -0.15) is 0 Å². The van der Waals surface area contributed by atoms with E-state index in [1.165, 1.54) is 4.90 Å². The molecule has 1 aliphatic rings. The summed E-state index contributed by atoms with van der Waals surface area (Å²) in [4.78, 5) is 28.8. The Labute approximate surface area is 121 Å². The number of carbonyl (C=O) groups is 2. The van der Waals surface area contributed by atoms with Gasteiger partial charge in [-0.3, -0.25) is 9.69 Å². The van der Waals surface area contributed by atoms with Crippen molar-refractivity contribution in [2.45, 2.75) is 39.7 Å². The number of carboxylic acid groups (broad SMARTS) is 1. The quantitative estimate of drug-likeness (QED) is 0.766. The Hall–Kier alpha value is -1.30. The Balaban J connectivity index is 2.60. The molecule has 0 spiro atoms. The molecule has 0 radical (unpaired) electrons. The monoisotopic (exact) mass is 285 g/mol. The highest BCUT2D eigenvalue weighted by atomic mass is 16.4. The van der Waals surface area contributed by atoms with Crippen molar-refractivity contribution in [3.05, 3.63) is 0 Å². The van der Waals surface area contributed by atoms with Gasteiger partial charge in [0.05, 0.1) is 0 Å². The zero-order valence-corrected chi connectivity index (χ0v) is 12.8. The Bertz CT molecular complexity index is 332. The number of nitrogens with zero attached hydrogens (tertiary/aromatic N) is 3. The fourth-order valence-electron chi connectivity index (χ4n) is 2.83. The molecule has 1 aliphatic heterocycles. The van der Waals surface area contributed by atoms with Gasteiger partial charge in [-0.05, 0) is 25.9 Å². The standard InChI is InChI=1S/C14H27N3O3/c1-4-8-16(11-13(18)19)14(20)17-9-7-12(10-17)15(5-2)6-3/h12H,4-11H2,1-3H3,(H,18,19). The predicted molar refractivity (Wildman–Crippen MR) is 77.8 cm³/mol. The van der Waals surface area contributed by atoms with Gasteiger partial charge in [0.15, 0.2) is 0 Å². The average Bonchev–Trinajstić information content (AvgIpc) is 2.88. The molecule has 6 nitrogen and oxygen atoms in total. The van der Waals surface area contributed by atoms with E-state index in [9.17, 15) is 9.59 Å². The summed E-state index contributed by atoms with van der Waals surface area (Å²) in [6.07, 6.45) is 1.74. The van der Waals surface area contributed by atoms with E-state index >= 15 is 0 Å². The molecule has 20 heavy (non-hydrogen) atoms. The van der Waals surface area contributed by atoms with Crippen molar-refractivity contribution in [3.63, 3.8) is 0 Å². The maximum Gasteiger partial charge on any atom is 0.323 e. The minimum Gasteiger partial charge on any atom is -0.480 e. The van der Waals surface area contributed by atoms with Gasteiger partial charge in [0.1, 0.15) is 6.54 Å². The SMILES string of the molecule is CCCN(CC(=O)O)C(=O)N1CCC(N(CC)CC)C1. The van der Waals surface area contributed by atoms with Crippen LogP contribution < -0.4 is 0 Å². The van der Waals surface area contributed by atoms with Crippen LogP contribution in [-0.2, 0) is 4.79 Å². The number of likely N-dealkylation sites (N-methyl/N-ethyl adjacent to an activating group) is 1. The predicted octanol–water partition coefficient (Wildman–Crippen LogP) is 1.32. The van der Waals surface area contributed by atoms with E-state index in [1.807, 2.05) is 6.92 Å². The van der Waals surface area contributed by atoms with Crippen LogP contribution in [0.2, 0.25) is 0 Å². The van der Waals surface area contributed by atoms with Crippen molar-refractivity contribution in [2.24, 2.45) is 0 Å². The Morgan fingerprint density at radius 2 is 1.90 bits per heavy atom. The average molecular weight is 285 g/mol. The molecular weight excluding hydrogens is 258 g/mol. The molecule has 1 N–H and O–H groups in total. The summed E-state index contributed by atoms with van der Waals surface area (Å²) in [5, 5.41) is 8.90. The maximum atomic E-state index is 12.4. The van der Waals surface area contributed by atoms with Crippen LogP contribution in [0.25, 0.3) is 0 Å². The molecule has 1 atom stereocenters. The van der Waals surface area contributed by atoms with Gasteiger partial charge >= 0.3 is 12.0 Å². The van der Waals surface area contributed by atoms with Crippen LogP contribution in [-0.4, -0.2) is 77.1 Å². The summed E-state index contributed by atoms with van der Waals surface area (Å²) in [6.45, 7) is 9.89. The van der Waals surface area contributed by atoms with Gasteiger partial charge in [0.25, 0.3) is 0 Å². The first-order chi connectivity index (χ1) is 9.53. The van der Waals surface area contributed by atoms with Crippen LogP contribution >= 0.6 is 0 Å². The van der Waals surface area contributed by atoms with Crippen LogP contribution in [0.4, 0.5) is 4.79 Å². The van der Waals surface area contributed by atoms with Crippen molar-refractivity contribution in [1.29, 1.82) is 0 Å². The van der Waals surface area contributed by atoms with Gasteiger partial charge in [-0.25, -0.2) is 4.79 Å². The first-order valence-corrected chi connectivity index (χ1v) is 7.53. The van der Waals surface area contributed by atoms with E-state index in [2.05, 4.69) is 18.7 Å². The molecule has 0 saturated carbocycles. The molecule has 6 heteroatoms. The van der Waals surface area contributed by atoms with Crippen molar-refractivity contribution in [2.75, 3.05) is 39.3 Å². The molecule has 1 heterocycles. The third-order valence-electron chi connectivity index (χ3n) is 3.85. The van der Waals surface area contributed by atoms with Crippen molar-refractivity contribution >= 4 is 12.0 Å². The van der Waals surface area contributed by atoms with Gasteiger partial charge < -0.3 is 14.9 Å². The van der Waals surface area contributed by atoms with Crippen LogP contribution in [0.3, 0.4) is 0 Å². The van der Waals surface area contributed by atoms with Gasteiger partial charge in [0.2, 0.25) is 0 Å². The van der Waals surface area contributed by atoms with E-state index in [1.54, 1.807) is 4.90 Å². The van der Waals surface area contributed by atoms with Crippen LogP contribution in [0.1, 0.15) is 33.6 Å². The number of hydrogen-bond acceptors (Lipinski definition) is 3. The fourth-order valence-corrected chi connectivity index (χ4v) is 2.83. The number of aliphatic carboxylic acids is 1. The van der Waals surface area contributed by atoms with Crippen molar-refractivity contribution in [3.8, 4) is 0 Å². The Morgan fingerprint density at radius 3 is 2.40 bits per heavy atom. The molecule has 0 bridgehead atoms. The van der Waals surface area contributed by atoms with Gasteiger partial charge in [-0.1, -0.05) is 20.8 Å². The van der Waals surface area contributed by atoms with E-state index in [-0.39, 0.29) is 12.6 Å². The Kier molecular flexibility index (Phi) is 6.78. The molecule has 116 valence electrons. The molecular formula is C14H27N3O3. The molecule has 1 rings (SSSR count). The smallest absolute Gasteiger partial charge is 0.323 e. The van der Waals surface area contributed by atoms with E-state index in [0.29, 0.717) is 19.1 Å². The summed E-state index contributed by atoms with van der Waals surface area (Å²) < 4.78 is 0. The number of hydrogen-bond donors (Lipinski definition) is 1. The fraction of sp³-hybridized carbons (Fsp3) is 0.857. The summed E-state index contributed by atoms with van der Waals surface area (Å²) in [6, 6.07) is 0.270. The molecule has 1 saturated heterocycles. The van der Waals surface area contributed by atoms with Crippen LogP contribution in [0.15, 0.2) is 0 Å². The third-order valence-corrected chi connectivity index (χ3v) is 3.85. The molecule has 2 amide bonds. The van der Waals surface area contributed by atoms with Crippen molar-refractivity contribution < 1.29 is 14.7 Å². The van der Waals surface area contributed by atoms with Gasteiger partial charge in [0, 0.05) is 25.7 Å². The van der Waals surface area contributed by atoms with Crippen molar-refractivity contribution in [1.82, 2.24) is 14.7 Å². The molecule has 1 unspecified atom stereocenters. The number of carboxylic acids is 1. The first-order valence-electron chi connectivity index (χ1n) is 7.53. The topological polar surface area (TPSA) is 64.1 Å². The highest BCUT2D eigenvalue weighted by Gasteiger charge is 2.31. The number of carbonyl (C=O) groups excluding carboxylic acids is 1. The molecule has 0 aromatic carbocycles. The molecule has 0 aromatic rings. The zero-order valence-electron chi connectivity index (χ0n) is 12.8. The molecule has 1 fully saturated rings.